The molecule has 0 fully saturated rings. The first-order valence-corrected chi connectivity index (χ1v) is 8.81. The van der Waals surface area contributed by atoms with E-state index in [9.17, 15) is 4.79 Å². The van der Waals surface area contributed by atoms with Crippen molar-refractivity contribution >= 4 is 23.2 Å². The smallest absolute Gasteiger partial charge is 0.266 e. The zero-order valence-electron chi connectivity index (χ0n) is 14.2. The molecule has 1 N–H and O–H groups in total. The molecule has 0 bridgehead atoms. The van der Waals surface area contributed by atoms with Crippen molar-refractivity contribution in [2.75, 3.05) is 5.32 Å². The molecule has 6 heteroatoms. The number of halogens is 2. The summed E-state index contributed by atoms with van der Waals surface area (Å²) in [6.07, 6.45) is 4.21. The second-order valence-electron chi connectivity index (χ2n) is 6.23. The van der Waals surface area contributed by atoms with Gasteiger partial charge in [-0.3, -0.25) is 4.79 Å². The Labute approximate surface area is 163 Å². The van der Waals surface area contributed by atoms with Gasteiger partial charge in [-0.1, -0.05) is 41.9 Å². The van der Waals surface area contributed by atoms with Crippen molar-refractivity contribution < 1.29 is 21.8 Å². The second-order valence-corrected chi connectivity index (χ2v) is 6.67. The fraction of sp³-hybridized carbons (Fsp3) is 0.200. The maximum atomic E-state index is 12.4. The molecule has 26 heavy (non-hydrogen) atoms. The summed E-state index contributed by atoms with van der Waals surface area (Å²) in [7, 11) is 0. The topological polar surface area (TPSA) is 37.9 Å². The highest BCUT2D eigenvalue weighted by Gasteiger charge is 2.29. The summed E-state index contributed by atoms with van der Waals surface area (Å²) < 4.78 is 4.39. The lowest BCUT2D eigenvalue weighted by atomic mass is 10.2. The van der Waals surface area contributed by atoms with Crippen molar-refractivity contribution in [3.05, 3.63) is 71.6 Å². The molecule has 4 nitrogen and oxygen atoms in total. The van der Waals surface area contributed by atoms with E-state index < -0.39 is 0 Å². The van der Waals surface area contributed by atoms with Gasteiger partial charge in [-0.25, -0.2) is 9.13 Å². The van der Waals surface area contributed by atoms with Crippen LogP contribution in [0.2, 0.25) is 5.02 Å². The van der Waals surface area contributed by atoms with Crippen LogP contribution in [0.3, 0.4) is 0 Å². The third-order valence-electron chi connectivity index (χ3n) is 4.51. The maximum Gasteiger partial charge on any atom is 0.266 e. The minimum absolute atomic E-state index is 0. The molecule has 0 atom stereocenters. The van der Waals surface area contributed by atoms with Gasteiger partial charge in [0.1, 0.15) is 6.20 Å². The Kier molecular flexibility index (Phi) is 5.64. The zero-order valence-corrected chi connectivity index (χ0v) is 15.7. The number of benzene rings is 2. The van der Waals surface area contributed by atoms with E-state index in [0.29, 0.717) is 11.6 Å². The number of fused-ring (bicyclic) bond motifs is 1. The number of imidazole rings is 1. The van der Waals surface area contributed by atoms with Crippen molar-refractivity contribution in [1.29, 1.82) is 0 Å². The molecule has 134 valence electrons. The molecular formula is C20H19Cl2N3O. The van der Waals surface area contributed by atoms with Gasteiger partial charge in [0.2, 0.25) is 0 Å². The Bertz CT molecular complexity index is 905. The molecule has 1 amide bonds. The number of aromatic nitrogens is 2. The van der Waals surface area contributed by atoms with E-state index >= 15 is 0 Å². The van der Waals surface area contributed by atoms with Crippen LogP contribution in [-0.4, -0.2) is 10.5 Å². The van der Waals surface area contributed by atoms with Crippen LogP contribution < -0.4 is 22.3 Å². The minimum atomic E-state index is -0.0350. The van der Waals surface area contributed by atoms with Gasteiger partial charge in [0.05, 0.1) is 13.0 Å². The minimum Gasteiger partial charge on any atom is -1.00 e. The number of carbonyl (C=O) groups excluding carboxylic acids is 1. The van der Waals surface area contributed by atoms with Gasteiger partial charge in [0, 0.05) is 16.3 Å². The molecule has 0 saturated heterocycles. The van der Waals surface area contributed by atoms with Gasteiger partial charge in [-0.2, -0.15) is 0 Å². The van der Waals surface area contributed by atoms with Gasteiger partial charge < -0.3 is 17.7 Å². The summed E-state index contributed by atoms with van der Waals surface area (Å²) >= 11 is 5.88. The first-order valence-electron chi connectivity index (χ1n) is 8.43. The lowest BCUT2D eigenvalue weighted by Gasteiger charge is -2.04. The first-order chi connectivity index (χ1) is 12.2. The highest BCUT2D eigenvalue weighted by atomic mass is 35.5. The van der Waals surface area contributed by atoms with E-state index in [1.165, 1.54) is 17.1 Å². The molecule has 0 saturated carbocycles. The summed E-state index contributed by atoms with van der Waals surface area (Å²) in [6.45, 7) is 1.32. The van der Waals surface area contributed by atoms with E-state index in [4.69, 9.17) is 11.6 Å². The monoisotopic (exact) mass is 387 g/mol. The lowest BCUT2D eigenvalue weighted by molar-refractivity contribution is -0.690. The average Bonchev–Trinajstić information content (AvgIpc) is 3.22. The number of rotatable bonds is 4. The standard InChI is InChI=1S/C20H18ClN3O.ClH/c21-16-8-10-17(11-9-16)22-19(25)14-23-13-18(15-5-2-1-3-6-15)24-12-4-7-20(23)24;/h1-3,5-6,8-11,13H,4,7,12,14H2;1H. The van der Waals surface area contributed by atoms with E-state index in [1.807, 2.05) is 30.3 Å². The summed E-state index contributed by atoms with van der Waals surface area (Å²) in [6, 6.07) is 17.5. The number of hydrogen-bond acceptors (Lipinski definition) is 1. The second kappa shape index (κ2) is 7.94. The zero-order chi connectivity index (χ0) is 17.2. The molecular weight excluding hydrogens is 369 g/mol. The van der Waals surface area contributed by atoms with Crippen molar-refractivity contribution in [2.24, 2.45) is 0 Å². The van der Waals surface area contributed by atoms with Crippen molar-refractivity contribution in [3.63, 3.8) is 0 Å². The summed E-state index contributed by atoms with van der Waals surface area (Å²) in [5.41, 5.74) is 3.11. The van der Waals surface area contributed by atoms with Crippen LogP contribution in [0.1, 0.15) is 12.2 Å². The third kappa shape index (κ3) is 3.76. The van der Waals surface area contributed by atoms with E-state index in [1.54, 1.807) is 12.1 Å². The quantitative estimate of drug-likeness (QED) is 0.657. The van der Waals surface area contributed by atoms with Gasteiger partial charge in [0.25, 0.3) is 11.7 Å². The Morgan fingerprint density at radius 2 is 1.85 bits per heavy atom. The molecule has 1 aliphatic rings. The Morgan fingerprint density at radius 3 is 2.58 bits per heavy atom. The molecule has 4 rings (SSSR count). The number of anilines is 1. The van der Waals surface area contributed by atoms with Crippen LogP contribution >= 0.6 is 11.6 Å². The first kappa shape index (κ1) is 18.5. The fourth-order valence-electron chi connectivity index (χ4n) is 3.37. The summed E-state index contributed by atoms with van der Waals surface area (Å²) in [5.74, 6) is 1.18. The number of carbonyl (C=O) groups is 1. The van der Waals surface area contributed by atoms with Crippen LogP contribution in [0.5, 0.6) is 0 Å². The largest absolute Gasteiger partial charge is 1.00 e. The molecule has 0 spiro atoms. The van der Waals surface area contributed by atoms with Gasteiger partial charge in [-0.15, -0.1) is 0 Å². The Morgan fingerprint density at radius 1 is 1.12 bits per heavy atom. The molecule has 0 radical (unpaired) electrons. The molecule has 2 heterocycles. The average molecular weight is 388 g/mol. The molecule has 0 aliphatic carbocycles. The molecule has 1 aromatic heterocycles. The Hall–Kier alpha value is -2.30. The predicted octanol–water partition coefficient (Wildman–Crippen LogP) is 0.685. The van der Waals surface area contributed by atoms with Crippen LogP contribution in [-0.2, 0) is 24.3 Å². The maximum absolute atomic E-state index is 12.4. The van der Waals surface area contributed by atoms with E-state index in [0.717, 1.165) is 25.1 Å². The highest BCUT2D eigenvalue weighted by molar-refractivity contribution is 6.30. The van der Waals surface area contributed by atoms with E-state index in [2.05, 4.69) is 32.8 Å². The molecule has 1 aliphatic heterocycles. The van der Waals surface area contributed by atoms with Crippen molar-refractivity contribution in [2.45, 2.75) is 25.9 Å². The van der Waals surface area contributed by atoms with Crippen LogP contribution in [0.15, 0.2) is 60.8 Å². The number of hydrogen-bond donors (Lipinski definition) is 1. The summed E-state index contributed by atoms with van der Waals surface area (Å²) in [4.78, 5) is 12.4. The van der Waals surface area contributed by atoms with Crippen molar-refractivity contribution in [1.82, 2.24) is 4.57 Å². The number of nitrogens with one attached hydrogen (secondary N) is 1. The van der Waals surface area contributed by atoms with Gasteiger partial charge >= 0.3 is 0 Å². The molecule has 0 unspecified atom stereocenters. The molecule has 2 aromatic carbocycles. The third-order valence-corrected chi connectivity index (χ3v) is 4.76. The Balaban J connectivity index is 0.00000196. The van der Waals surface area contributed by atoms with E-state index in [-0.39, 0.29) is 18.3 Å². The lowest BCUT2D eigenvalue weighted by Crippen LogP contribution is -3.00. The van der Waals surface area contributed by atoms with Crippen LogP contribution in [0.25, 0.3) is 11.3 Å². The van der Waals surface area contributed by atoms with Crippen LogP contribution in [0, 0.1) is 0 Å². The summed E-state index contributed by atoms with van der Waals surface area (Å²) in [5, 5.41) is 3.59. The highest BCUT2D eigenvalue weighted by Crippen LogP contribution is 2.24. The number of nitrogens with zero attached hydrogens (tertiary/aromatic N) is 2. The van der Waals surface area contributed by atoms with Crippen molar-refractivity contribution in [3.8, 4) is 11.3 Å². The predicted molar refractivity (Wildman–Crippen MR) is 98.5 cm³/mol. The van der Waals surface area contributed by atoms with Crippen LogP contribution in [0.4, 0.5) is 5.69 Å². The number of amides is 1. The van der Waals surface area contributed by atoms with Gasteiger partial charge in [-0.05, 0) is 30.7 Å². The normalized spacial score (nSPS) is 12.3. The molecule has 3 aromatic rings. The SMILES string of the molecule is O=C(C[n+]1cc(-c2ccccc2)n2c1CCC2)Nc1ccc(Cl)cc1.[Cl-]. The van der Waals surface area contributed by atoms with Gasteiger partial charge in [0.15, 0.2) is 12.2 Å². The fourth-order valence-corrected chi connectivity index (χ4v) is 3.50.